The number of hydrogen-bond donors (Lipinski definition) is 0. The van der Waals surface area contributed by atoms with Gasteiger partial charge in [0, 0.05) is 11.5 Å². The summed E-state index contributed by atoms with van der Waals surface area (Å²) in [5.41, 5.74) is 0.591. The van der Waals surface area contributed by atoms with Gasteiger partial charge in [0.2, 0.25) is 0 Å². The van der Waals surface area contributed by atoms with Crippen molar-refractivity contribution in [3.05, 3.63) is 29.8 Å². The van der Waals surface area contributed by atoms with Crippen LogP contribution < -0.4 is 4.74 Å². The number of Topliss-reactive ketones (excluding diaryl/α,β-unsaturated/α-hetero) is 1. The van der Waals surface area contributed by atoms with Crippen molar-refractivity contribution in [3.8, 4) is 5.75 Å². The molecule has 2 atom stereocenters. The van der Waals surface area contributed by atoms with Crippen LogP contribution in [0.25, 0.3) is 0 Å². The number of benzene rings is 1. The summed E-state index contributed by atoms with van der Waals surface area (Å²) in [6.07, 6.45) is 5.31. The summed E-state index contributed by atoms with van der Waals surface area (Å²) in [5.74, 6) is 0.938. The van der Waals surface area contributed by atoms with Gasteiger partial charge in [0.05, 0.1) is 0 Å². The van der Waals surface area contributed by atoms with Gasteiger partial charge < -0.3 is 4.74 Å². The molecule has 0 N–H and O–H groups in total. The first kappa shape index (κ1) is 14.9. The van der Waals surface area contributed by atoms with E-state index in [2.05, 4.69) is 11.7 Å². The highest BCUT2D eigenvalue weighted by Gasteiger charge is 2.27. The molecule has 0 heterocycles. The molecule has 0 aliphatic heterocycles. The number of rotatable bonds is 5. The second-order valence-corrected chi connectivity index (χ2v) is 5.40. The third-order valence-electron chi connectivity index (χ3n) is 4.09. The molecule has 2 unspecified atom stereocenters. The van der Waals surface area contributed by atoms with E-state index in [9.17, 15) is 13.6 Å². The summed E-state index contributed by atoms with van der Waals surface area (Å²) < 4.78 is 28.4. The largest absolute Gasteiger partial charge is 0.435 e. The van der Waals surface area contributed by atoms with E-state index in [1.54, 1.807) is 12.1 Å². The fraction of sp³-hybridized carbons (Fsp3) is 0.562. The molecule has 110 valence electrons. The average molecular weight is 282 g/mol. The molecule has 0 saturated heterocycles. The van der Waals surface area contributed by atoms with E-state index in [4.69, 9.17) is 0 Å². The first-order valence-corrected chi connectivity index (χ1v) is 7.19. The summed E-state index contributed by atoms with van der Waals surface area (Å²) in [6.45, 7) is -0.672. The Labute approximate surface area is 118 Å². The van der Waals surface area contributed by atoms with E-state index in [1.165, 1.54) is 18.6 Å². The second kappa shape index (κ2) is 6.82. The van der Waals surface area contributed by atoms with Crippen molar-refractivity contribution in [1.29, 1.82) is 0 Å². The van der Waals surface area contributed by atoms with Gasteiger partial charge in [0.15, 0.2) is 5.78 Å². The quantitative estimate of drug-likeness (QED) is 0.732. The van der Waals surface area contributed by atoms with Crippen LogP contribution in [0.15, 0.2) is 24.3 Å². The Morgan fingerprint density at radius 2 is 2.00 bits per heavy atom. The molecule has 0 amide bonds. The van der Waals surface area contributed by atoms with Crippen molar-refractivity contribution < 1.29 is 18.3 Å². The topological polar surface area (TPSA) is 26.3 Å². The lowest BCUT2D eigenvalue weighted by Crippen LogP contribution is -2.22. The predicted molar refractivity (Wildman–Crippen MR) is 73.1 cm³/mol. The third-order valence-corrected chi connectivity index (χ3v) is 4.09. The van der Waals surface area contributed by atoms with Gasteiger partial charge in [-0.3, -0.25) is 4.79 Å². The summed E-state index contributed by atoms with van der Waals surface area (Å²) in [5, 5.41) is 0. The lowest BCUT2D eigenvalue weighted by Gasteiger charge is -2.27. The van der Waals surface area contributed by atoms with E-state index in [0.29, 0.717) is 11.5 Å². The van der Waals surface area contributed by atoms with E-state index >= 15 is 0 Å². The molecule has 1 aliphatic rings. The van der Waals surface area contributed by atoms with Crippen LogP contribution in [0.5, 0.6) is 5.75 Å². The maximum absolute atomic E-state index is 12.4. The summed E-state index contributed by atoms with van der Waals surface area (Å²) in [4.78, 5) is 12.4. The number of ketones is 1. The lowest BCUT2D eigenvalue weighted by molar-refractivity contribution is -0.0498. The highest BCUT2D eigenvalue weighted by atomic mass is 19.3. The van der Waals surface area contributed by atoms with Gasteiger partial charge >= 0.3 is 6.61 Å². The van der Waals surface area contributed by atoms with Gasteiger partial charge in [0.25, 0.3) is 0 Å². The molecule has 1 aromatic carbocycles. The van der Waals surface area contributed by atoms with Crippen LogP contribution in [0.2, 0.25) is 0 Å². The molecular formula is C16H20F2O2. The van der Waals surface area contributed by atoms with Gasteiger partial charge in [-0.25, -0.2) is 0 Å². The first-order chi connectivity index (χ1) is 9.60. The van der Waals surface area contributed by atoms with Gasteiger partial charge in [-0.15, -0.1) is 0 Å². The van der Waals surface area contributed by atoms with Gasteiger partial charge in [0.1, 0.15) is 5.75 Å². The maximum atomic E-state index is 12.4. The molecule has 0 spiro atoms. The highest BCUT2D eigenvalue weighted by Crippen LogP contribution is 2.33. The zero-order chi connectivity index (χ0) is 14.5. The fourth-order valence-corrected chi connectivity index (χ4v) is 2.94. The minimum Gasteiger partial charge on any atom is -0.435 e. The van der Waals surface area contributed by atoms with Crippen LogP contribution in [0.3, 0.4) is 0 Å². The molecule has 20 heavy (non-hydrogen) atoms. The van der Waals surface area contributed by atoms with Crippen molar-refractivity contribution in [3.63, 3.8) is 0 Å². The van der Waals surface area contributed by atoms with Crippen molar-refractivity contribution in [2.24, 2.45) is 11.8 Å². The predicted octanol–water partition coefficient (Wildman–Crippen LogP) is 4.69. The maximum Gasteiger partial charge on any atom is 0.387 e. The average Bonchev–Trinajstić information content (AvgIpc) is 2.47. The molecule has 2 rings (SSSR count). The van der Waals surface area contributed by atoms with E-state index in [0.717, 1.165) is 25.7 Å². The summed E-state index contributed by atoms with van der Waals surface area (Å²) >= 11 is 0. The molecule has 0 radical (unpaired) electrons. The molecule has 1 aromatic rings. The smallest absolute Gasteiger partial charge is 0.387 e. The Morgan fingerprint density at radius 3 is 2.60 bits per heavy atom. The van der Waals surface area contributed by atoms with Crippen molar-refractivity contribution in [2.75, 3.05) is 0 Å². The molecule has 1 aliphatic carbocycles. The Hall–Kier alpha value is -1.45. The van der Waals surface area contributed by atoms with Gasteiger partial charge in [-0.1, -0.05) is 26.2 Å². The minimum absolute atomic E-state index is 0.0792. The molecule has 4 heteroatoms. The molecule has 0 aromatic heterocycles. The van der Waals surface area contributed by atoms with Crippen LogP contribution in [0, 0.1) is 11.8 Å². The molecule has 1 saturated carbocycles. The molecule has 0 bridgehead atoms. The van der Waals surface area contributed by atoms with Gasteiger partial charge in [-0.05, 0) is 43.0 Å². The SMILES string of the molecule is CCC1CCCC(C(=O)c2ccc(OC(F)F)cc2)C1. The number of carbonyl (C=O) groups is 1. The molecule has 1 fully saturated rings. The number of halogens is 2. The zero-order valence-electron chi connectivity index (χ0n) is 11.6. The Balaban J connectivity index is 2.01. The van der Waals surface area contributed by atoms with Crippen LogP contribution in [-0.2, 0) is 0 Å². The number of carbonyl (C=O) groups excluding carboxylic acids is 1. The molecular weight excluding hydrogens is 262 g/mol. The van der Waals surface area contributed by atoms with E-state index < -0.39 is 6.61 Å². The van der Waals surface area contributed by atoms with Crippen LogP contribution >= 0.6 is 0 Å². The molecule has 2 nitrogen and oxygen atoms in total. The first-order valence-electron chi connectivity index (χ1n) is 7.19. The third kappa shape index (κ3) is 3.78. The standard InChI is InChI=1S/C16H20F2O2/c1-2-11-4-3-5-13(10-11)15(19)12-6-8-14(9-7-12)20-16(17)18/h6-9,11,13,16H,2-5,10H2,1H3. The zero-order valence-corrected chi connectivity index (χ0v) is 11.6. The van der Waals surface area contributed by atoms with Crippen LogP contribution in [-0.4, -0.2) is 12.4 Å². The number of ether oxygens (including phenoxy) is 1. The number of alkyl halides is 2. The monoisotopic (exact) mass is 282 g/mol. The van der Waals surface area contributed by atoms with Crippen LogP contribution in [0.4, 0.5) is 8.78 Å². The number of hydrogen-bond acceptors (Lipinski definition) is 2. The normalized spacial score (nSPS) is 22.8. The van der Waals surface area contributed by atoms with Crippen molar-refractivity contribution in [1.82, 2.24) is 0 Å². The summed E-state index contributed by atoms with van der Waals surface area (Å²) in [6, 6.07) is 6.02. The minimum atomic E-state index is -2.83. The Morgan fingerprint density at radius 1 is 1.30 bits per heavy atom. The Kier molecular flexibility index (Phi) is 5.10. The highest BCUT2D eigenvalue weighted by molar-refractivity contribution is 5.98. The van der Waals surface area contributed by atoms with E-state index in [1.807, 2.05) is 0 Å². The van der Waals surface area contributed by atoms with Crippen molar-refractivity contribution >= 4 is 5.78 Å². The van der Waals surface area contributed by atoms with Crippen LogP contribution in [0.1, 0.15) is 49.4 Å². The lowest BCUT2D eigenvalue weighted by atomic mass is 9.77. The summed E-state index contributed by atoms with van der Waals surface area (Å²) in [7, 11) is 0. The van der Waals surface area contributed by atoms with Gasteiger partial charge in [-0.2, -0.15) is 8.78 Å². The van der Waals surface area contributed by atoms with Crippen molar-refractivity contribution in [2.45, 2.75) is 45.6 Å². The fourth-order valence-electron chi connectivity index (χ4n) is 2.94. The second-order valence-electron chi connectivity index (χ2n) is 5.40. The van der Waals surface area contributed by atoms with E-state index in [-0.39, 0.29) is 17.5 Å². The Bertz CT molecular complexity index is 442.